The van der Waals surface area contributed by atoms with Gasteiger partial charge in [0.1, 0.15) is 0 Å². The van der Waals surface area contributed by atoms with Gasteiger partial charge in [-0.25, -0.2) is 8.78 Å². The van der Waals surface area contributed by atoms with Crippen LogP contribution in [0, 0.1) is 0 Å². The maximum absolute atomic E-state index is 13.1. The van der Waals surface area contributed by atoms with E-state index < -0.39 is 5.92 Å². The molecule has 16 heavy (non-hydrogen) atoms. The average Bonchev–Trinajstić information content (AvgIpc) is 2.59. The SMILES string of the molecule is CC(=O)c1cccc(C2CCC(F)(F)C2)c1. The van der Waals surface area contributed by atoms with Gasteiger partial charge in [0.25, 0.3) is 0 Å². The summed E-state index contributed by atoms with van der Waals surface area (Å²) in [5.41, 5.74) is 1.47. The third kappa shape index (κ3) is 2.29. The highest BCUT2D eigenvalue weighted by molar-refractivity contribution is 5.94. The van der Waals surface area contributed by atoms with E-state index in [2.05, 4.69) is 0 Å². The molecule has 1 unspecified atom stereocenters. The summed E-state index contributed by atoms with van der Waals surface area (Å²) in [5.74, 6) is -2.66. The number of Topliss-reactive ketones (excluding diaryl/α,β-unsaturated/α-hetero) is 1. The van der Waals surface area contributed by atoms with Crippen molar-refractivity contribution in [3.63, 3.8) is 0 Å². The summed E-state index contributed by atoms with van der Waals surface area (Å²) in [6.07, 6.45) is 0.380. The molecule has 0 aliphatic heterocycles. The first-order chi connectivity index (χ1) is 7.48. The van der Waals surface area contributed by atoms with Gasteiger partial charge < -0.3 is 0 Å². The van der Waals surface area contributed by atoms with Crippen molar-refractivity contribution in [2.75, 3.05) is 0 Å². The smallest absolute Gasteiger partial charge is 0.248 e. The molecular formula is C13H14F2O. The minimum atomic E-state index is -2.53. The van der Waals surface area contributed by atoms with E-state index >= 15 is 0 Å². The Morgan fingerprint density at radius 3 is 2.75 bits per heavy atom. The third-order valence-electron chi connectivity index (χ3n) is 3.17. The Balaban J connectivity index is 2.22. The van der Waals surface area contributed by atoms with E-state index in [-0.39, 0.29) is 24.5 Å². The molecule has 86 valence electrons. The Labute approximate surface area is 93.5 Å². The summed E-state index contributed by atoms with van der Waals surface area (Å²) < 4.78 is 26.1. The van der Waals surface area contributed by atoms with Crippen LogP contribution < -0.4 is 0 Å². The Bertz CT molecular complexity index is 412. The number of hydrogen-bond acceptors (Lipinski definition) is 1. The van der Waals surface area contributed by atoms with Crippen LogP contribution in [0.5, 0.6) is 0 Å². The first kappa shape index (κ1) is 11.2. The van der Waals surface area contributed by atoms with Crippen LogP contribution in [-0.4, -0.2) is 11.7 Å². The zero-order valence-corrected chi connectivity index (χ0v) is 9.17. The van der Waals surface area contributed by atoms with Crippen LogP contribution in [0.25, 0.3) is 0 Å². The van der Waals surface area contributed by atoms with Crippen LogP contribution in [0.3, 0.4) is 0 Å². The highest BCUT2D eigenvalue weighted by Gasteiger charge is 2.39. The Kier molecular flexibility index (Phi) is 2.78. The van der Waals surface area contributed by atoms with Crippen molar-refractivity contribution >= 4 is 5.78 Å². The van der Waals surface area contributed by atoms with Crippen molar-refractivity contribution in [3.8, 4) is 0 Å². The first-order valence-corrected chi connectivity index (χ1v) is 5.47. The van der Waals surface area contributed by atoms with Gasteiger partial charge in [0.05, 0.1) is 0 Å². The van der Waals surface area contributed by atoms with Gasteiger partial charge in [-0.1, -0.05) is 18.2 Å². The van der Waals surface area contributed by atoms with Crippen LogP contribution in [0.4, 0.5) is 8.78 Å². The van der Waals surface area contributed by atoms with Crippen molar-refractivity contribution in [3.05, 3.63) is 35.4 Å². The molecule has 1 aromatic carbocycles. The van der Waals surface area contributed by atoms with Gasteiger partial charge in [0.15, 0.2) is 5.78 Å². The topological polar surface area (TPSA) is 17.1 Å². The molecule has 1 aromatic rings. The summed E-state index contributed by atoms with van der Waals surface area (Å²) in [7, 11) is 0. The number of carbonyl (C=O) groups excluding carboxylic acids is 1. The standard InChI is InChI=1S/C13H14F2O/c1-9(16)10-3-2-4-11(7-10)12-5-6-13(14,15)8-12/h2-4,7,12H,5-6,8H2,1H3. The van der Waals surface area contributed by atoms with Crippen LogP contribution in [0.15, 0.2) is 24.3 Å². The fourth-order valence-corrected chi connectivity index (χ4v) is 2.25. The zero-order valence-electron chi connectivity index (χ0n) is 9.17. The number of hydrogen-bond donors (Lipinski definition) is 0. The first-order valence-electron chi connectivity index (χ1n) is 5.47. The fraction of sp³-hybridized carbons (Fsp3) is 0.462. The fourth-order valence-electron chi connectivity index (χ4n) is 2.25. The third-order valence-corrected chi connectivity index (χ3v) is 3.17. The van der Waals surface area contributed by atoms with Crippen molar-refractivity contribution in [1.29, 1.82) is 0 Å². The highest BCUT2D eigenvalue weighted by Crippen LogP contribution is 2.44. The zero-order chi connectivity index (χ0) is 11.8. The molecule has 0 bridgehead atoms. The van der Waals surface area contributed by atoms with Gasteiger partial charge in [-0.3, -0.25) is 4.79 Å². The maximum atomic E-state index is 13.1. The number of alkyl halides is 2. The van der Waals surface area contributed by atoms with Gasteiger partial charge in [0, 0.05) is 18.4 Å². The lowest BCUT2D eigenvalue weighted by atomic mass is 9.95. The number of ketones is 1. The normalized spacial score (nSPS) is 23.3. The molecule has 1 nitrogen and oxygen atoms in total. The van der Waals surface area contributed by atoms with E-state index in [4.69, 9.17) is 0 Å². The second kappa shape index (κ2) is 3.96. The maximum Gasteiger partial charge on any atom is 0.248 e. The van der Waals surface area contributed by atoms with Crippen LogP contribution in [-0.2, 0) is 0 Å². The lowest BCUT2D eigenvalue weighted by Crippen LogP contribution is -2.09. The van der Waals surface area contributed by atoms with Crippen LogP contribution in [0.2, 0.25) is 0 Å². The van der Waals surface area contributed by atoms with Gasteiger partial charge >= 0.3 is 0 Å². The van der Waals surface area contributed by atoms with E-state index in [9.17, 15) is 13.6 Å². The molecule has 1 atom stereocenters. The van der Waals surface area contributed by atoms with E-state index in [1.165, 1.54) is 6.92 Å². The minimum Gasteiger partial charge on any atom is -0.295 e. The lowest BCUT2D eigenvalue weighted by molar-refractivity contribution is 0.00776. The molecule has 1 aliphatic carbocycles. The molecule has 3 heteroatoms. The summed E-state index contributed by atoms with van der Waals surface area (Å²) in [5, 5.41) is 0. The molecule has 0 spiro atoms. The molecule has 0 N–H and O–H groups in total. The molecule has 0 radical (unpaired) electrons. The largest absolute Gasteiger partial charge is 0.295 e. The molecule has 1 saturated carbocycles. The molecule has 1 aliphatic rings. The quantitative estimate of drug-likeness (QED) is 0.698. The van der Waals surface area contributed by atoms with E-state index in [1.807, 2.05) is 6.07 Å². The molecule has 1 fully saturated rings. The summed E-state index contributed by atoms with van der Waals surface area (Å²) in [6.45, 7) is 1.49. The number of rotatable bonds is 2. The van der Waals surface area contributed by atoms with Gasteiger partial charge in [-0.2, -0.15) is 0 Å². The summed E-state index contributed by atoms with van der Waals surface area (Å²) >= 11 is 0. The predicted octanol–water partition coefficient (Wildman–Crippen LogP) is 3.79. The van der Waals surface area contributed by atoms with E-state index in [0.29, 0.717) is 12.0 Å². The summed E-state index contributed by atoms with van der Waals surface area (Å²) in [6, 6.07) is 7.06. The van der Waals surface area contributed by atoms with Crippen molar-refractivity contribution in [1.82, 2.24) is 0 Å². The molecular weight excluding hydrogens is 210 g/mol. The van der Waals surface area contributed by atoms with E-state index in [0.717, 1.165) is 5.56 Å². The number of halogens is 2. The van der Waals surface area contributed by atoms with Crippen LogP contribution in [0.1, 0.15) is 48.0 Å². The van der Waals surface area contributed by atoms with Crippen LogP contribution >= 0.6 is 0 Å². The highest BCUT2D eigenvalue weighted by atomic mass is 19.3. The van der Waals surface area contributed by atoms with Gasteiger partial charge in [-0.05, 0) is 30.9 Å². The monoisotopic (exact) mass is 224 g/mol. The second-order valence-electron chi connectivity index (χ2n) is 4.48. The average molecular weight is 224 g/mol. The molecule has 0 saturated heterocycles. The minimum absolute atomic E-state index is 0.0217. The van der Waals surface area contributed by atoms with Crippen molar-refractivity contribution in [2.45, 2.75) is 38.0 Å². The molecule has 0 aromatic heterocycles. The number of benzene rings is 1. The number of carbonyl (C=O) groups is 1. The molecule has 0 amide bonds. The lowest BCUT2D eigenvalue weighted by Gasteiger charge is -2.11. The van der Waals surface area contributed by atoms with Gasteiger partial charge in [-0.15, -0.1) is 0 Å². The molecule has 2 rings (SSSR count). The Hall–Kier alpha value is -1.25. The van der Waals surface area contributed by atoms with Crippen molar-refractivity contribution < 1.29 is 13.6 Å². The Morgan fingerprint density at radius 1 is 1.44 bits per heavy atom. The second-order valence-corrected chi connectivity index (χ2v) is 4.48. The van der Waals surface area contributed by atoms with E-state index in [1.54, 1.807) is 18.2 Å². The van der Waals surface area contributed by atoms with Crippen molar-refractivity contribution in [2.24, 2.45) is 0 Å². The molecule has 0 heterocycles. The predicted molar refractivity (Wildman–Crippen MR) is 58.0 cm³/mol. The summed E-state index contributed by atoms with van der Waals surface area (Å²) in [4.78, 5) is 11.2. The Morgan fingerprint density at radius 2 is 2.19 bits per heavy atom. The van der Waals surface area contributed by atoms with Gasteiger partial charge in [0.2, 0.25) is 5.92 Å².